The number of aliphatic hydroxyl groups excluding tert-OH is 1. The normalized spacial score (nSPS) is 17.3. The number of thioether (sulfide) groups is 1. The molecule has 4 nitrogen and oxygen atoms in total. The fraction of sp³-hybridized carbons (Fsp3) is 0.433. The highest BCUT2D eigenvalue weighted by atomic mass is 32.2. The maximum atomic E-state index is 7.00. The van der Waals surface area contributed by atoms with E-state index in [4.69, 9.17) is 9.84 Å². The van der Waals surface area contributed by atoms with Crippen LogP contribution in [-0.4, -0.2) is 43.0 Å². The molecular formula is C30H38N2O2S. The Hall–Kier alpha value is -2.52. The Morgan fingerprint density at radius 2 is 2.03 bits per heavy atom. The van der Waals surface area contributed by atoms with Gasteiger partial charge in [-0.25, -0.2) is 0 Å². The number of fused-ring (bicyclic) bond motifs is 1. The van der Waals surface area contributed by atoms with Crippen molar-refractivity contribution in [1.82, 2.24) is 4.90 Å². The van der Waals surface area contributed by atoms with Gasteiger partial charge in [0.25, 0.3) is 0 Å². The Balaban J connectivity index is 0.00000167. The Morgan fingerprint density at radius 1 is 1.26 bits per heavy atom. The second-order valence-electron chi connectivity index (χ2n) is 9.01. The molecule has 4 rings (SSSR count). The molecule has 2 aromatic carbocycles. The van der Waals surface area contributed by atoms with Gasteiger partial charge in [-0.1, -0.05) is 30.2 Å². The van der Waals surface area contributed by atoms with Crippen LogP contribution in [0.1, 0.15) is 73.9 Å². The lowest BCUT2D eigenvalue weighted by molar-refractivity contribution is 0.241. The highest BCUT2D eigenvalue weighted by Gasteiger charge is 2.31. The van der Waals surface area contributed by atoms with E-state index in [0.29, 0.717) is 6.04 Å². The molecule has 2 aliphatic rings. The summed E-state index contributed by atoms with van der Waals surface area (Å²) in [5.41, 5.74) is 6.51. The maximum Gasteiger partial charge on any atom is 0.135 e. The Morgan fingerprint density at radius 3 is 2.71 bits per heavy atom. The number of aliphatic imine (C=N–C) groups is 1. The minimum Gasteiger partial charge on any atom is -0.490 e. The summed E-state index contributed by atoms with van der Waals surface area (Å²) >= 11 is 1.82. The van der Waals surface area contributed by atoms with Crippen LogP contribution in [0.4, 0.5) is 0 Å². The van der Waals surface area contributed by atoms with Crippen molar-refractivity contribution in [3.05, 3.63) is 70.4 Å². The van der Waals surface area contributed by atoms with Crippen LogP contribution in [0.5, 0.6) is 5.75 Å². The number of hydrogen-bond acceptors (Lipinski definition) is 5. The quantitative estimate of drug-likeness (QED) is 0.340. The molecule has 0 spiro atoms. The number of aliphatic hydroxyl groups is 1. The highest BCUT2D eigenvalue weighted by molar-refractivity contribution is 8.07. The molecule has 1 aliphatic carbocycles. The molecule has 0 amide bonds. The van der Waals surface area contributed by atoms with Gasteiger partial charge in [0, 0.05) is 30.0 Å². The van der Waals surface area contributed by atoms with E-state index in [1.54, 1.807) is 0 Å². The van der Waals surface area contributed by atoms with Crippen LogP contribution in [0, 0.1) is 11.8 Å². The summed E-state index contributed by atoms with van der Waals surface area (Å²) in [4.78, 5) is 8.02. The molecule has 5 heteroatoms. The first-order chi connectivity index (χ1) is 17.1. The first kappa shape index (κ1) is 27.1. The molecule has 0 radical (unpaired) electrons. The number of ether oxygens (including phenoxy) is 1. The van der Waals surface area contributed by atoms with Crippen LogP contribution < -0.4 is 4.74 Å². The standard InChI is InChI=1S/C29H34N2OS.CH4O/c1-5-9-23-18-22(12-15-28(23)32-21(2)3)20-33-29(19-30-4)26-11-8-10-25-24(26)13-14-27(25)31-16-6-7-17-31;1-2/h8,10-12,15,18-19,21,27H,4,6-7,13-14,16-17,20H2,1-3H3;2H,1H3/b29-19-;. The molecule has 35 heavy (non-hydrogen) atoms. The van der Waals surface area contributed by atoms with Gasteiger partial charge in [-0.05, 0) is 101 Å². The molecule has 1 saturated heterocycles. The summed E-state index contributed by atoms with van der Waals surface area (Å²) in [5, 5.41) is 7.00. The molecule has 1 atom stereocenters. The van der Waals surface area contributed by atoms with Crippen molar-refractivity contribution < 1.29 is 9.84 Å². The second-order valence-corrected chi connectivity index (χ2v) is 10.0. The fourth-order valence-corrected chi connectivity index (χ4v) is 5.98. The topological polar surface area (TPSA) is 45.1 Å². The van der Waals surface area contributed by atoms with Gasteiger partial charge < -0.3 is 9.84 Å². The minimum atomic E-state index is 0.125. The van der Waals surface area contributed by atoms with E-state index >= 15 is 0 Å². The van der Waals surface area contributed by atoms with Crippen molar-refractivity contribution in [2.75, 3.05) is 20.2 Å². The van der Waals surface area contributed by atoms with E-state index in [2.05, 4.69) is 58.8 Å². The first-order valence-corrected chi connectivity index (χ1v) is 13.4. The number of rotatable bonds is 8. The predicted octanol–water partition coefficient (Wildman–Crippen LogP) is 6.47. The van der Waals surface area contributed by atoms with E-state index in [9.17, 15) is 0 Å². The summed E-state index contributed by atoms with van der Waals surface area (Å²) in [7, 11) is 1.00. The fourth-order valence-electron chi connectivity index (χ4n) is 4.98. The van der Waals surface area contributed by atoms with Crippen molar-refractivity contribution in [2.45, 2.75) is 64.4 Å². The average molecular weight is 491 g/mol. The number of likely N-dealkylation sites (tertiary alicyclic amines) is 1. The zero-order valence-electron chi connectivity index (χ0n) is 21.5. The van der Waals surface area contributed by atoms with Crippen LogP contribution in [-0.2, 0) is 12.2 Å². The molecule has 1 heterocycles. The maximum absolute atomic E-state index is 7.00. The summed E-state index contributed by atoms with van der Waals surface area (Å²) in [6, 6.07) is 13.7. The predicted molar refractivity (Wildman–Crippen MR) is 150 cm³/mol. The smallest absolute Gasteiger partial charge is 0.135 e. The number of nitrogens with zero attached hydrogens (tertiary/aromatic N) is 2. The van der Waals surface area contributed by atoms with Crippen LogP contribution >= 0.6 is 11.8 Å². The molecule has 186 valence electrons. The summed E-state index contributed by atoms with van der Waals surface area (Å²) in [6.07, 6.45) is 7.07. The van der Waals surface area contributed by atoms with Gasteiger partial charge in [-0.2, -0.15) is 0 Å². The highest BCUT2D eigenvalue weighted by Crippen LogP contribution is 2.43. The van der Waals surface area contributed by atoms with Gasteiger partial charge >= 0.3 is 0 Å². The summed E-state index contributed by atoms with van der Waals surface area (Å²) in [5.74, 6) is 7.92. The third-order valence-corrected chi connectivity index (χ3v) is 7.47. The van der Waals surface area contributed by atoms with Crippen molar-refractivity contribution in [2.24, 2.45) is 4.99 Å². The van der Waals surface area contributed by atoms with Crippen LogP contribution in [0.3, 0.4) is 0 Å². The Bertz CT molecular complexity index is 1090. The zero-order valence-corrected chi connectivity index (χ0v) is 22.3. The van der Waals surface area contributed by atoms with Gasteiger partial charge in [0.2, 0.25) is 0 Å². The van der Waals surface area contributed by atoms with E-state index in [1.165, 1.54) is 59.5 Å². The van der Waals surface area contributed by atoms with E-state index in [1.807, 2.05) is 44.8 Å². The number of hydrogen-bond donors (Lipinski definition) is 1. The molecule has 1 N–H and O–H groups in total. The van der Waals surface area contributed by atoms with Crippen molar-refractivity contribution in [3.8, 4) is 17.6 Å². The summed E-state index contributed by atoms with van der Waals surface area (Å²) in [6.45, 7) is 12.2. The monoisotopic (exact) mass is 490 g/mol. The lowest BCUT2D eigenvalue weighted by Gasteiger charge is -2.24. The van der Waals surface area contributed by atoms with Gasteiger partial charge in [0.05, 0.1) is 11.7 Å². The largest absolute Gasteiger partial charge is 0.490 e. The molecule has 0 aromatic heterocycles. The lowest BCUT2D eigenvalue weighted by Crippen LogP contribution is -2.23. The van der Waals surface area contributed by atoms with Crippen LogP contribution in [0.2, 0.25) is 0 Å². The first-order valence-electron chi connectivity index (χ1n) is 12.4. The molecule has 0 bridgehead atoms. The molecule has 1 aliphatic heterocycles. The van der Waals surface area contributed by atoms with Crippen LogP contribution in [0.15, 0.2) is 47.6 Å². The molecule has 2 aromatic rings. The van der Waals surface area contributed by atoms with E-state index in [0.717, 1.165) is 30.6 Å². The van der Waals surface area contributed by atoms with Crippen molar-refractivity contribution in [3.63, 3.8) is 0 Å². The Labute approximate surface area is 215 Å². The molecule has 1 unspecified atom stereocenters. The van der Waals surface area contributed by atoms with Crippen LogP contribution in [0.25, 0.3) is 4.91 Å². The molecule has 0 saturated carbocycles. The Kier molecular flexibility index (Phi) is 10.5. The second kappa shape index (κ2) is 13.5. The van der Waals surface area contributed by atoms with Crippen molar-refractivity contribution in [1.29, 1.82) is 0 Å². The van der Waals surface area contributed by atoms with E-state index in [-0.39, 0.29) is 6.10 Å². The third kappa shape index (κ3) is 6.79. The average Bonchev–Trinajstić information content (AvgIpc) is 3.54. The van der Waals surface area contributed by atoms with Gasteiger partial charge in [0.15, 0.2) is 0 Å². The van der Waals surface area contributed by atoms with Gasteiger partial charge in [-0.3, -0.25) is 9.89 Å². The molecular weight excluding hydrogens is 452 g/mol. The van der Waals surface area contributed by atoms with Gasteiger partial charge in [0.1, 0.15) is 5.75 Å². The van der Waals surface area contributed by atoms with Crippen molar-refractivity contribution >= 4 is 23.4 Å². The summed E-state index contributed by atoms with van der Waals surface area (Å²) < 4.78 is 5.94. The number of benzene rings is 2. The third-order valence-electron chi connectivity index (χ3n) is 6.36. The van der Waals surface area contributed by atoms with E-state index < -0.39 is 0 Å². The lowest BCUT2D eigenvalue weighted by atomic mass is 10.0. The minimum absolute atomic E-state index is 0.125. The molecule has 1 fully saturated rings. The zero-order chi connectivity index (χ0) is 25.2. The van der Waals surface area contributed by atoms with Gasteiger partial charge in [-0.15, -0.1) is 17.7 Å². The SMILES string of the molecule is C=N/C=C(\SCc1ccc(OC(C)C)c(C#CC)c1)c1cccc2c1CCC2N1CCCC1.CO.